The molecular formula is C4H6N5. The third kappa shape index (κ3) is 0.692. The Kier molecular flexibility index (Phi) is 0.955. The van der Waals surface area contributed by atoms with Crippen molar-refractivity contribution in [1.82, 2.24) is 25.9 Å². The molecule has 47 valence electrons. The molecular weight excluding hydrogens is 118 g/mol. The number of aromatic amines is 1. The van der Waals surface area contributed by atoms with Gasteiger partial charge >= 0.3 is 0 Å². The van der Waals surface area contributed by atoms with Gasteiger partial charge in [0.25, 0.3) is 0 Å². The minimum atomic E-state index is 0.250. The van der Waals surface area contributed by atoms with Crippen molar-refractivity contribution in [2.45, 2.75) is 12.5 Å². The molecule has 9 heavy (non-hydrogen) atoms. The number of tetrazole rings is 1. The molecule has 0 spiro atoms. The first kappa shape index (κ1) is 4.87. The molecule has 0 bridgehead atoms. The summed E-state index contributed by atoms with van der Waals surface area (Å²) in [4.78, 5) is 0. The van der Waals surface area contributed by atoms with Crippen molar-refractivity contribution < 1.29 is 0 Å². The van der Waals surface area contributed by atoms with Crippen molar-refractivity contribution >= 4 is 0 Å². The number of nitrogens with zero attached hydrogens (tertiary/aromatic N) is 4. The molecule has 1 unspecified atom stereocenters. The second kappa shape index (κ2) is 1.77. The Labute approximate surface area is 51.8 Å². The highest BCUT2D eigenvalue weighted by atomic mass is 15.5. The Morgan fingerprint density at radius 1 is 1.56 bits per heavy atom. The second-order valence-corrected chi connectivity index (χ2v) is 2.00. The van der Waals surface area contributed by atoms with Crippen molar-refractivity contribution in [3.63, 3.8) is 0 Å². The molecule has 1 saturated heterocycles. The lowest BCUT2D eigenvalue weighted by Crippen LogP contribution is -2.29. The first-order valence-electron chi connectivity index (χ1n) is 2.87. The molecule has 2 heterocycles. The molecule has 1 aliphatic rings. The van der Waals surface area contributed by atoms with Crippen LogP contribution in [0.1, 0.15) is 18.3 Å². The van der Waals surface area contributed by atoms with E-state index < -0.39 is 0 Å². The predicted octanol–water partition coefficient (Wildman–Crippen LogP) is -0.751. The maximum absolute atomic E-state index is 4.14. The fraction of sp³-hybridized carbons (Fsp3) is 0.750. The summed E-state index contributed by atoms with van der Waals surface area (Å²) in [5.41, 5.74) is 0. The normalized spacial score (nSPS) is 25.6. The van der Waals surface area contributed by atoms with E-state index in [2.05, 4.69) is 25.9 Å². The lowest BCUT2D eigenvalue weighted by Gasteiger charge is -2.21. The van der Waals surface area contributed by atoms with E-state index in [4.69, 9.17) is 0 Å². The van der Waals surface area contributed by atoms with Gasteiger partial charge in [-0.1, -0.05) is 0 Å². The Hall–Kier alpha value is -0.970. The average molecular weight is 124 g/mol. The molecule has 1 aliphatic heterocycles. The van der Waals surface area contributed by atoms with Gasteiger partial charge in [-0.05, 0) is 16.8 Å². The summed E-state index contributed by atoms with van der Waals surface area (Å²) in [5.74, 6) is 0.793. The fourth-order valence-corrected chi connectivity index (χ4v) is 0.789. The van der Waals surface area contributed by atoms with E-state index in [0.717, 1.165) is 18.8 Å². The number of hydrogen-bond acceptors (Lipinski definition) is 3. The smallest absolute Gasteiger partial charge is 0.167 e. The van der Waals surface area contributed by atoms with Crippen molar-refractivity contribution in [2.24, 2.45) is 0 Å². The minimum Gasteiger partial charge on any atom is -0.241 e. The van der Waals surface area contributed by atoms with Crippen LogP contribution in [-0.4, -0.2) is 27.2 Å². The van der Waals surface area contributed by atoms with Crippen LogP contribution < -0.4 is 5.32 Å². The molecule has 1 N–H and O–H groups in total. The van der Waals surface area contributed by atoms with Crippen molar-refractivity contribution in [2.75, 3.05) is 6.54 Å². The Morgan fingerprint density at radius 2 is 2.44 bits per heavy atom. The molecule has 2 rings (SSSR count). The van der Waals surface area contributed by atoms with Crippen LogP contribution in [0.5, 0.6) is 0 Å². The molecule has 1 fully saturated rings. The molecule has 0 saturated carbocycles. The standard InChI is InChI=1S/C4H6N5/c1-2-5-3(1)4-6-8-9-7-4/h3H,1-2H2,(H,6,7,8,9). The van der Waals surface area contributed by atoms with Gasteiger partial charge in [-0.3, -0.25) is 0 Å². The van der Waals surface area contributed by atoms with Crippen LogP contribution in [0.4, 0.5) is 0 Å². The number of rotatable bonds is 1. The van der Waals surface area contributed by atoms with Gasteiger partial charge in [-0.15, -0.1) is 5.10 Å². The summed E-state index contributed by atoms with van der Waals surface area (Å²) in [6.07, 6.45) is 1.08. The van der Waals surface area contributed by atoms with Crippen molar-refractivity contribution in [1.29, 1.82) is 0 Å². The largest absolute Gasteiger partial charge is 0.241 e. The van der Waals surface area contributed by atoms with Crippen LogP contribution in [0.2, 0.25) is 0 Å². The highest BCUT2D eigenvalue weighted by Gasteiger charge is 2.22. The van der Waals surface area contributed by atoms with Crippen LogP contribution in [0.25, 0.3) is 0 Å². The van der Waals surface area contributed by atoms with E-state index >= 15 is 0 Å². The maximum Gasteiger partial charge on any atom is 0.167 e. The maximum atomic E-state index is 4.14. The first-order valence-corrected chi connectivity index (χ1v) is 2.87. The summed E-state index contributed by atoms with van der Waals surface area (Å²) >= 11 is 0. The van der Waals surface area contributed by atoms with Gasteiger partial charge in [0, 0.05) is 6.54 Å². The molecule has 0 aromatic carbocycles. The van der Waals surface area contributed by atoms with Gasteiger partial charge in [-0.2, -0.15) is 0 Å². The van der Waals surface area contributed by atoms with E-state index in [1.807, 2.05) is 0 Å². The van der Waals surface area contributed by atoms with Gasteiger partial charge in [0.1, 0.15) is 0 Å². The van der Waals surface area contributed by atoms with Crippen LogP contribution in [0.3, 0.4) is 0 Å². The first-order chi connectivity index (χ1) is 4.47. The highest BCUT2D eigenvalue weighted by Crippen LogP contribution is 2.19. The van der Waals surface area contributed by atoms with Gasteiger partial charge < -0.3 is 0 Å². The second-order valence-electron chi connectivity index (χ2n) is 2.00. The summed E-state index contributed by atoms with van der Waals surface area (Å²) in [5, 5.41) is 17.4. The molecule has 5 heteroatoms. The van der Waals surface area contributed by atoms with Crippen molar-refractivity contribution in [3.8, 4) is 0 Å². The quantitative estimate of drug-likeness (QED) is 0.535. The van der Waals surface area contributed by atoms with E-state index in [9.17, 15) is 0 Å². The zero-order chi connectivity index (χ0) is 6.10. The zero-order valence-electron chi connectivity index (χ0n) is 4.78. The molecule has 1 atom stereocenters. The van der Waals surface area contributed by atoms with Gasteiger partial charge in [-0.25, -0.2) is 10.4 Å². The molecule has 1 aromatic rings. The molecule has 0 aliphatic carbocycles. The topological polar surface area (TPSA) is 68.6 Å². The van der Waals surface area contributed by atoms with Crippen LogP contribution >= 0.6 is 0 Å². The van der Waals surface area contributed by atoms with E-state index in [1.165, 1.54) is 0 Å². The van der Waals surface area contributed by atoms with Crippen molar-refractivity contribution in [3.05, 3.63) is 5.82 Å². The Bertz CT molecular complexity index is 177. The zero-order valence-corrected chi connectivity index (χ0v) is 4.78. The van der Waals surface area contributed by atoms with Crippen LogP contribution in [0.15, 0.2) is 0 Å². The third-order valence-corrected chi connectivity index (χ3v) is 1.43. The SMILES string of the molecule is C1CC(c2nnn[nH]2)[N]1. The minimum absolute atomic E-state index is 0.250. The highest BCUT2D eigenvalue weighted by molar-refractivity contribution is 4.93. The summed E-state index contributed by atoms with van der Waals surface area (Å²) in [6.45, 7) is 0.950. The Morgan fingerprint density at radius 3 is 2.89 bits per heavy atom. The summed E-state index contributed by atoms with van der Waals surface area (Å²) in [6, 6.07) is 0.250. The van der Waals surface area contributed by atoms with E-state index in [-0.39, 0.29) is 6.04 Å². The average Bonchev–Trinajstić information content (AvgIpc) is 2.11. The molecule has 1 radical (unpaired) electrons. The third-order valence-electron chi connectivity index (χ3n) is 1.43. The van der Waals surface area contributed by atoms with Gasteiger partial charge in [0.15, 0.2) is 5.82 Å². The number of H-pyrrole nitrogens is 1. The molecule has 0 amide bonds. The lowest BCUT2D eigenvalue weighted by molar-refractivity contribution is 0.355. The summed E-state index contributed by atoms with van der Waals surface area (Å²) in [7, 11) is 0. The van der Waals surface area contributed by atoms with E-state index in [1.54, 1.807) is 0 Å². The fourth-order valence-electron chi connectivity index (χ4n) is 0.789. The number of aromatic nitrogens is 4. The Balaban J connectivity index is 2.14. The van der Waals surface area contributed by atoms with Crippen LogP contribution in [-0.2, 0) is 0 Å². The monoisotopic (exact) mass is 124 g/mol. The predicted molar refractivity (Wildman–Crippen MR) is 28.5 cm³/mol. The van der Waals surface area contributed by atoms with Gasteiger partial charge in [0.2, 0.25) is 0 Å². The molecule has 5 nitrogen and oxygen atoms in total. The summed E-state index contributed by atoms with van der Waals surface area (Å²) < 4.78 is 0. The lowest BCUT2D eigenvalue weighted by atomic mass is 10.1. The van der Waals surface area contributed by atoms with E-state index in [0.29, 0.717) is 0 Å². The molecule has 1 aromatic heterocycles. The number of nitrogens with one attached hydrogen (secondary N) is 1. The number of hydrogen-bond donors (Lipinski definition) is 1. The van der Waals surface area contributed by atoms with Crippen LogP contribution in [0, 0.1) is 0 Å². The van der Waals surface area contributed by atoms with Gasteiger partial charge in [0.05, 0.1) is 6.04 Å².